The van der Waals surface area contributed by atoms with Crippen molar-refractivity contribution in [1.29, 1.82) is 0 Å². The number of likely N-dealkylation sites (N-methyl/N-ethyl adjacent to an activating group) is 1. The molecule has 0 fully saturated rings. The smallest absolute Gasteiger partial charge is 0.275 e. The summed E-state index contributed by atoms with van der Waals surface area (Å²) in [5.41, 5.74) is 1.96. The summed E-state index contributed by atoms with van der Waals surface area (Å²) in [7, 11) is 1.56. The maximum Gasteiger partial charge on any atom is 0.275 e. The van der Waals surface area contributed by atoms with Crippen LogP contribution in [0.5, 0.6) is 0 Å². The maximum atomic E-state index is 13.4. The van der Waals surface area contributed by atoms with Crippen LogP contribution in [0.25, 0.3) is 11.4 Å². The van der Waals surface area contributed by atoms with Gasteiger partial charge in [-0.3, -0.25) is 14.7 Å². The van der Waals surface area contributed by atoms with Crippen LogP contribution in [0.2, 0.25) is 5.02 Å². The van der Waals surface area contributed by atoms with Crippen molar-refractivity contribution in [1.82, 2.24) is 20.2 Å². The summed E-state index contributed by atoms with van der Waals surface area (Å²) in [4.78, 5) is 43.5. The van der Waals surface area contributed by atoms with Gasteiger partial charge in [0.2, 0.25) is 0 Å². The molecule has 3 aromatic rings. The first-order valence-electron chi connectivity index (χ1n) is 9.57. The number of aromatic nitrogens is 3. The fourth-order valence-corrected chi connectivity index (χ4v) is 3.96. The number of allylic oxidation sites excluding steroid dienone is 1. The average Bonchev–Trinajstić information content (AvgIpc) is 3.38. The summed E-state index contributed by atoms with van der Waals surface area (Å²) in [5, 5.41) is 8.13. The third kappa shape index (κ3) is 3.77. The van der Waals surface area contributed by atoms with Crippen LogP contribution in [0, 0.1) is 4.91 Å². The lowest BCUT2D eigenvalue weighted by Crippen LogP contribution is -2.35. The number of carbonyl (C=O) groups excluding carboxylic acids is 2. The number of carbonyl (C=O) groups is 2. The predicted octanol–water partition coefficient (Wildman–Crippen LogP) is 3.86. The SMILES string of the molecule is CC1=C(C(=O)c2ccc(-c3ncn[nH]3)cc2Cl)C(CC(=O)c2ccccc2)N(C)[N+]1=O. The van der Waals surface area contributed by atoms with Crippen molar-refractivity contribution >= 4 is 23.2 Å². The Morgan fingerprint density at radius 2 is 1.94 bits per heavy atom. The lowest BCUT2D eigenvalue weighted by atomic mass is 9.91. The normalized spacial score (nSPS) is 16.2. The lowest BCUT2D eigenvalue weighted by molar-refractivity contribution is -0.656. The molecule has 9 heteroatoms. The molecule has 1 aliphatic heterocycles. The summed E-state index contributed by atoms with van der Waals surface area (Å²) in [6, 6.07) is 13.0. The van der Waals surface area contributed by atoms with E-state index in [-0.39, 0.29) is 39.8 Å². The zero-order chi connectivity index (χ0) is 22.1. The maximum absolute atomic E-state index is 13.4. The largest absolute Gasteiger partial charge is 0.294 e. The number of H-pyrrole nitrogens is 1. The van der Waals surface area contributed by atoms with Crippen molar-refractivity contribution in [2.24, 2.45) is 0 Å². The van der Waals surface area contributed by atoms with Crippen LogP contribution in [0.3, 0.4) is 0 Å². The molecule has 156 valence electrons. The highest BCUT2D eigenvalue weighted by Gasteiger charge is 2.47. The lowest BCUT2D eigenvalue weighted by Gasteiger charge is -2.16. The van der Waals surface area contributed by atoms with E-state index in [0.29, 0.717) is 21.8 Å². The first-order valence-corrected chi connectivity index (χ1v) is 9.95. The number of aromatic amines is 1. The van der Waals surface area contributed by atoms with Crippen molar-refractivity contribution < 1.29 is 14.5 Å². The number of ketones is 2. The number of nitrogens with zero attached hydrogens (tertiary/aromatic N) is 4. The second kappa shape index (κ2) is 8.23. The molecule has 1 aromatic heterocycles. The highest BCUT2D eigenvalue weighted by atomic mass is 35.5. The van der Waals surface area contributed by atoms with Crippen molar-refractivity contribution in [3.63, 3.8) is 0 Å². The molecule has 1 atom stereocenters. The Kier molecular flexibility index (Phi) is 5.48. The number of halogens is 1. The molecule has 1 unspecified atom stereocenters. The summed E-state index contributed by atoms with van der Waals surface area (Å²) in [6.45, 7) is 1.57. The Balaban J connectivity index is 1.66. The van der Waals surface area contributed by atoms with E-state index in [1.807, 2.05) is 6.07 Å². The summed E-state index contributed by atoms with van der Waals surface area (Å²) in [6.07, 6.45) is 1.37. The van der Waals surface area contributed by atoms with Gasteiger partial charge in [-0.05, 0) is 12.1 Å². The topological polar surface area (TPSA) is 99.0 Å². The van der Waals surface area contributed by atoms with Gasteiger partial charge in [0.25, 0.3) is 5.70 Å². The Morgan fingerprint density at radius 1 is 1.19 bits per heavy atom. The fraction of sp³-hybridized carbons (Fsp3) is 0.182. The Hall–Kier alpha value is -3.65. The number of hydrogen-bond donors (Lipinski definition) is 1. The Morgan fingerprint density at radius 3 is 2.58 bits per heavy atom. The van der Waals surface area contributed by atoms with Crippen LogP contribution in [-0.4, -0.2) is 49.7 Å². The average molecular weight is 437 g/mol. The molecule has 0 saturated carbocycles. The molecular weight excluding hydrogens is 418 g/mol. The summed E-state index contributed by atoms with van der Waals surface area (Å²) < 4.78 is 0. The number of hydrogen-bond acceptors (Lipinski definition) is 5. The third-order valence-electron chi connectivity index (χ3n) is 5.37. The highest BCUT2D eigenvalue weighted by Crippen LogP contribution is 2.33. The van der Waals surface area contributed by atoms with Gasteiger partial charge in [0.05, 0.1) is 17.0 Å². The van der Waals surface area contributed by atoms with E-state index >= 15 is 0 Å². The van der Waals surface area contributed by atoms with E-state index in [4.69, 9.17) is 11.6 Å². The second-order valence-corrected chi connectivity index (χ2v) is 7.62. The predicted molar refractivity (Wildman–Crippen MR) is 114 cm³/mol. The number of nitroso groups, excluding NO2 is 1. The number of nitrogens with one attached hydrogen (secondary N) is 1. The molecule has 1 N–H and O–H groups in total. The molecule has 0 saturated heterocycles. The van der Waals surface area contributed by atoms with Gasteiger partial charge in [0.15, 0.2) is 22.3 Å². The van der Waals surface area contributed by atoms with E-state index in [9.17, 15) is 14.5 Å². The van der Waals surface area contributed by atoms with Crippen LogP contribution in [0.15, 0.2) is 66.1 Å². The molecule has 31 heavy (non-hydrogen) atoms. The molecule has 0 radical (unpaired) electrons. The Labute approximate surface area is 183 Å². The number of hydrazine groups is 1. The van der Waals surface area contributed by atoms with Gasteiger partial charge in [-0.2, -0.15) is 5.10 Å². The zero-order valence-corrected chi connectivity index (χ0v) is 17.6. The number of benzene rings is 2. The van der Waals surface area contributed by atoms with E-state index in [0.717, 1.165) is 0 Å². The van der Waals surface area contributed by atoms with Crippen molar-refractivity contribution in [3.8, 4) is 11.4 Å². The quantitative estimate of drug-likeness (QED) is 0.465. The van der Waals surface area contributed by atoms with Gasteiger partial charge < -0.3 is 0 Å². The molecule has 0 aliphatic carbocycles. The molecule has 2 aromatic carbocycles. The molecule has 0 bridgehead atoms. The molecule has 8 nitrogen and oxygen atoms in total. The summed E-state index contributed by atoms with van der Waals surface area (Å²) in [5.74, 6) is -0.0192. The first kappa shape index (κ1) is 20.6. The first-order chi connectivity index (χ1) is 14.9. The van der Waals surface area contributed by atoms with E-state index in [2.05, 4.69) is 15.2 Å². The zero-order valence-electron chi connectivity index (χ0n) is 16.9. The standard InChI is InChI=1S/C22H18ClN5O3/c1-13-20(18(27(2)28(13)31)11-19(29)14-6-4-3-5-7-14)21(30)16-9-8-15(10-17(16)23)22-24-12-25-26-22/h3-10,12,18H,11H2,1-2H3/p+1. The van der Waals surface area contributed by atoms with Gasteiger partial charge in [0.1, 0.15) is 17.9 Å². The van der Waals surface area contributed by atoms with Crippen LogP contribution in [0.1, 0.15) is 34.1 Å². The fourth-order valence-electron chi connectivity index (χ4n) is 3.70. The minimum Gasteiger partial charge on any atom is -0.294 e. The van der Waals surface area contributed by atoms with Gasteiger partial charge in [-0.1, -0.05) is 48.0 Å². The minimum atomic E-state index is -0.692. The van der Waals surface area contributed by atoms with Crippen molar-refractivity contribution in [2.45, 2.75) is 19.4 Å². The van der Waals surface area contributed by atoms with Gasteiger partial charge in [-0.25, -0.2) is 4.98 Å². The van der Waals surface area contributed by atoms with Crippen LogP contribution in [-0.2, 0) is 0 Å². The third-order valence-corrected chi connectivity index (χ3v) is 5.68. The van der Waals surface area contributed by atoms with Gasteiger partial charge in [0, 0.05) is 30.0 Å². The summed E-state index contributed by atoms with van der Waals surface area (Å²) >= 11 is 6.41. The molecule has 0 amide bonds. The van der Waals surface area contributed by atoms with E-state index in [1.165, 1.54) is 11.3 Å². The Bertz CT molecular complexity index is 1210. The molecule has 0 spiro atoms. The van der Waals surface area contributed by atoms with E-state index < -0.39 is 6.04 Å². The van der Waals surface area contributed by atoms with Crippen LogP contribution in [0.4, 0.5) is 0 Å². The second-order valence-electron chi connectivity index (χ2n) is 7.21. The molecular formula is C22H19ClN5O3+. The van der Waals surface area contributed by atoms with Gasteiger partial charge in [-0.15, -0.1) is 5.01 Å². The van der Waals surface area contributed by atoms with Crippen LogP contribution >= 0.6 is 11.6 Å². The highest BCUT2D eigenvalue weighted by molar-refractivity contribution is 6.35. The minimum absolute atomic E-state index is 0.00850. The van der Waals surface area contributed by atoms with Crippen LogP contribution < -0.4 is 0 Å². The number of rotatable bonds is 6. The molecule has 4 rings (SSSR count). The molecule has 2 heterocycles. The van der Waals surface area contributed by atoms with Crippen molar-refractivity contribution in [3.05, 3.63) is 87.2 Å². The molecule has 1 aliphatic rings. The van der Waals surface area contributed by atoms with Gasteiger partial charge >= 0.3 is 0 Å². The number of Topliss-reactive ketones (excluding diaryl/α,β-unsaturated/α-hetero) is 2. The van der Waals surface area contributed by atoms with E-state index in [1.54, 1.807) is 56.4 Å². The monoisotopic (exact) mass is 436 g/mol. The van der Waals surface area contributed by atoms with Crippen molar-refractivity contribution in [2.75, 3.05) is 7.05 Å².